The average molecular weight is 634 g/mol. The number of anilines is 1. The number of nitrogens with one attached hydrogen (secondary N) is 2. The fourth-order valence-electron chi connectivity index (χ4n) is 3.68. The highest BCUT2D eigenvalue weighted by Crippen LogP contribution is 2.37. The first-order valence-electron chi connectivity index (χ1n) is 11.6. The molecule has 4 aromatic rings. The lowest BCUT2D eigenvalue weighted by Crippen LogP contribution is -2.29. The van der Waals surface area contributed by atoms with E-state index in [-0.39, 0.29) is 18.4 Å². The number of nitrogens with zero attached hydrogens (tertiary/aromatic N) is 3. The lowest BCUT2D eigenvalue weighted by atomic mass is 10.1. The molecule has 0 saturated heterocycles. The van der Waals surface area contributed by atoms with Gasteiger partial charge in [-0.2, -0.15) is 26.3 Å². The number of hydrogen-bond acceptors (Lipinski definition) is 4. The minimum absolute atomic E-state index is 0.0313. The quantitative estimate of drug-likeness (QED) is 0.158. The molecule has 216 valence electrons. The Hall–Kier alpha value is -3.42. The van der Waals surface area contributed by atoms with Gasteiger partial charge in [0.15, 0.2) is 11.0 Å². The van der Waals surface area contributed by atoms with Crippen LogP contribution in [0.25, 0.3) is 5.69 Å². The van der Waals surface area contributed by atoms with Crippen LogP contribution in [0.1, 0.15) is 28.1 Å². The van der Waals surface area contributed by atoms with E-state index in [0.717, 1.165) is 11.1 Å². The summed E-state index contributed by atoms with van der Waals surface area (Å²) in [7, 11) is 0. The van der Waals surface area contributed by atoms with Crippen molar-refractivity contribution in [3.05, 3.63) is 98.8 Å². The van der Waals surface area contributed by atoms with Gasteiger partial charge < -0.3 is 10.6 Å². The van der Waals surface area contributed by atoms with Crippen LogP contribution < -0.4 is 10.6 Å². The highest BCUT2D eigenvalue weighted by molar-refractivity contribution is 7.98. The number of urea groups is 1. The molecule has 2 amide bonds. The summed E-state index contributed by atoms with van der Waals surface area (Å²) in [5, 5.41) is 13.8. The largest absolute Gasteiger partial charge is 0.416 e. The average Bonchev–Trinajstić information content (AvgIpc) is 3.29. The molecule has 1 aromatic heterocycles. The van der Waals surface area contributed by atoms with E-state index < -0.39 is 35.2 Å². The van der Waals surface area contributed by atoms with Crippen molar-refractivity contribution in [1.82, 2.24) is 20.1 Å². The van der Waals surface area contributed by atoms with Crippen LogP contribution >= 0.6 is 35.0 Å². The van der Waals surface area contributed by atoms with Crippen molar-refractivity contribution in [1.29, 1.82) is 0 Å². The van der Waals surface area contributed by atoms with Crippen molar-refractivity contribution < 1.29 is 31.1 Å². The summed E-state index contributed by atoms with van der Waals surface area (Å²) in [5.41, 5.74) is -1.31. The van der Waals surface area contributed by atoms with Crippen molar-refractivity contribution in [3.8, 4) is 5.69 Å². The first-order valence-corrected chi connectivity index (χ1v) is 13.4. The normalized spacial score (nSPS) is 11.9. The Kier molecular flexibility index (Phi) is 9.10. The topological polar surface area (TPSA) is 71.8 Å². The van der Waals surface area contributed by atoms with Gasteiger partial charge in [-0.1, -0.05) is 59.2 Å². The Bertz CT molecular complexity index is 1540. The molecule has 15 heteroatoms. The van der Waals surface area contributed by atoms with Crippen LogP contribution in [0.4, 0.5) is 36.8 Å². The van der Waals surface area contributed by atoms with Gasteiger partial charge in [-0.3, -0.25) is 4.57 Å². The van der Waals surface area contributed by atoms with E-state index >= 15 is 0 Å². The Morgan fingerprint density at radius 3 is 2.22 bits per heavy atom. The van der Waals surface area contributed by atoms with Crippen molar-refractivity contribution in [3.63, 3.8) is 0 Å². The van der Waals surface area contributed by atoms with Crippen molar-refractivity contribution in [2.45, 2.75) is 36.7 Å². The third kappa shape index (κ3) is 7.66. The monoisotopic (exact) mass is 633 g/mol. The van der Waals surface area contributed by atoms with E-state index in [1.807, 2.05) is 36.5 Å². The lowest BCUT2D eigenvalue weighted by molar-refractivity contribution is -0.143. The van der Waals surface area contributed by atoms with Crippen molar-refractivity contribution >= 4 is 46.7 Å². The molecule has 0 aliphatic carbocycles. The van der Waals surface area contributed by atoms with Gasteiger partial charge in [0.25, 0.3) is 0 Å². The number of amides is 2. The molecule has 0 saturated carbocycles. The lowest BCUT2D eigenvalue weighted by Gasteiger charge is -2.15. The van der Waals surface area contributed by atoms with Crippen LogP contribution in [0, 0.1) is 6.92 Å². The van der Waals surface area contributed by atoms with E-state index in [2.05, 4.69) is 15.5 Å². The zero-order valence-electron chi connectivity index (χ0n) is 20.9. The van der Waals surface area contributed by atoms with Gasteiger partial charge >= 0.3 is 18.4 Å². The van der Waals surface area contributed by atoms with E-state index in [9.17, 15) is 31.1 Å². The van der Waals surface area contributed by atoms with Gasteiger partial charge in [-0.05, 0) is 54.4 Å². The Labute approximate surface area is 244 Å². The Morgan fingerprint density at radius 1 is 0.927 bits per heavy atom. The van der Waals surface area contributed by atoms with Crippen LogP contribution in [0.3, 0.4) is 0 Å². The maximum atomic E-state index is 13.2. The summed E-state index contributed by atoms with van der Waals surface area (Å²) in [6, 6.07) is 12.1. The van der Waals surface area contributed by atoms with Crippen LogP contribution in [0.2, 0.25) is 10.0 Å². The van der Waals surface area contributed by atoms with Gasteiger partial charge in [0, 0.05) is 16.5 Å². The third-order valence-corrected chi connectivity index (χ3v) is 7.25. The van der Waals surface area contributed by atoms with E-state index in [4.69, 9.17) is 23.2 Å². The minimum Gasteiger partial charge on any atom is -0.331 e. The summed E-state index contributed by atoms with van der Waals surface area (Å²) in [6.45, 7) is 1.65. The van der Waals surface area contributed by atoms with Gasteiger partial charge in [0.2, 0.25) is 0 Å². The van der Waals surface area contributed by atoms with Gasteiger partial charge in [-0.15, -0.1) is 10.2 Å². The first kappa shape index (κ1) is 30.5. The number of aromatic nitrogens is 3. The van der Waals surface area contributed by atoms with Gasteiger partial charge in [0.05, 0.1) is 28.4 Å². The highest BCUT2D eigenvalue weighted by atomic mass is 35.5. The molecule has 0 aliphatic rings. The minimum atomic E-state index is -5.06. The number of carbonyl (C=O) groups excluding carboxylic acids is 1. The Morgan fingerprint density at radius 2 is 1.59 bits per heavy atom. The number of thioether (sulfide) groups is 1. The summed E-state index contributed by atoms with van der Waals surface area (Å²) < 4.78 is 80.6. The maximum Gasteiger partial charge on any atom is 0.416 e. The molecule has 4 rings (SSSR count). The number of aryl methyl sites for hydroxylation is 1. The van der Waals surface area contributed by atoms with Crippen LogP contribution in [0.15, 0.2) is 65.8 Å². The molecular formula is C26H19Cl2F6N5OS. The Balaban J connectivity index is 1.58. The van der Waals surface area contributed by atoms with Crippen molar-refractivity contribution in [2.75, 3.05) is 5.32 Å². The smallest absolute Gasteiger partial charge is 0.331 e. The molecule has 6 nitrogen and oxygen atoms in total. The van der Waals surface area contributed by atoms with E-state index in [0.29, 0.717) is 38.8 Å². The number of hydrogen-bond donors (Lipinski definition) is 2. The fraction of sp³-hybridized carbons (Fsp3) is 0.192. The fourth-order valence-corrected chi connectivity index (χ4v) is 5.09. The molecule has 0 radical (unpaired) electrons. The van der Waals surface area contributed by atoms with Gasteiger partial charge in [0.1, 0.15) is 0 Å². The molecule has 0 bridgehead atoms. The number of halogens is 8. The van der Waals surface area contributed by atoms with Crippen molar-refractivity contribution in [2.24, 2.45) is 0 Å². The summed E-state index contributed by atoms with van der Waals surface area (Å²) >= 11 is 13.9. The molecule has 0 atom stereocenters. The third-order valence-electron chi connectivity index (χ3n) is 5.72. The molecular weight excluding hydrogens is 615 g/mol. The van der Waals surface area contributed by atoms with E-state index in [1.54, 1.807) is 22.8 Å². The number of benzene rings is 3. The second-order valence-electron chi connectivity index (χ2n) is 8.65. The number of carbonyl (C=O) groups is 1. The SMILES string of the molecule is Cc1ccccc1CSc1nnc(CNC(=O)Nc2cc(C(F)(F)F)cc(C(F)(F)F)c2)n1-c1cc(Cl)ccc1Cl. The standard InChI is InChI=1S/C26H19Cl2F6N5OS/c1-14-4-2-3-5-15(14)13-41-24-38-37-22(39(24)21-11-18(27)6-7-20(21)28)12-35-23(40)36-19-9-16(25(29,30)31)8-17(10-19)26(32,33)34/h2-11H,12-13H2,1H3,(H2,35,36,40). The number of rotatable bonds is 7. The molecule has 0 unspecified atom stereocenters. The van der Waals surface area contributed by atoms with E-state index in [1.165, 1.54) is 11.8 Å². The number of alkyl halides is 6. The molecule has 0 fully saturated rings. The first-order chi connectivity index (χ1) is 19.2. The summed E-state index contributed by atoms with van der Waals surface area (Å²) in [6.07, 6.45) is -10.1. The van der Waals surface area contributed by atoms with Crippen LogP contribution in [-0.4, -0.2) is 20.8 Å². The van der Waals surface area contributed by atoms with Crippen LogP contribution in [-0.2, 0) is 24.7 Å². The molecule has 3 aromatic carbocycles. The molecule has 0 spiro atoms. The molecule has 2 N–H and O–H groups in total. The zero-order chi connectivity index (χ0) is 29.9. The second-order valence-corrected chi connectivity index (χ2v) is 10.4. The zero-order valence-corrected chi connectivity index (χ0v) is 23.2. The molecule has 0 aliphatic heterocycles. The summed E-state index contributed by atoms with van der Waals surface area (Å²) in [4.78, 5) is 12.5. The molecule has 41 heavy (non-hydrogen) atoms. The molecule has 1 heterocycles. The highest BCUT2D eigenvalue weighted by Gasteiger charge is 2.37. The second kappa shape index (κ2) is 12.2. The maximum absolute atomic E-state index is 13.2. The summed E-state index contributed by atoms with van der Waals surface area (Å²) in [5.74, 6) is 0.699. The van der Waals surface area contributed by atoms with Gasteiger partial charge in [-0.25, -0.2) is 4.79 Å². The van der Waals surface area contributed by atoms with Crippen LogP contribution in [0.5, 0.6) is 0 Å². The predicted octanol–water partition coefficient (Wildman–Crippen LogP) is 8.53. The predicted molar refractivity (Wildman–Crippen MR) is 144 cm³/mol.